The number of hydrogen-bond donors (Lipinski definition) is 2. The van der Waals surface area contributed by atoms with Gasteiger partial charge in [-0.05, 0) is 25.1 Å². The van der Waals surface area contributed by atoms with E-state index in [9.17, 15) is 4.39 Å². The lowest BCUT2D eigenvalue weighted by atomic mass is 9.82. The van der Waals surface area contributed by atoms with E-state index in [0.29, 0.717) is 17.5 Å². The minimum atomic E-state index is -0.702. The normalized spacial score (nSPS) is 21.2. The number of halogens is 2. The van der Waals surface area contributed by atoms with Gasteiger partial charge in [0.15, 0.2) is 0 Å². The Morgan fingerprint density at radius 2 is 2.25 bits per heavy atom. The second-order valence-corrected chi connectivity index (χ2v) is 5.93. The standard InChI is InChI=1S/C14H12BrFN4/c1-14(10-4-8(15)2-3-11(10)16)5-12-9(13(17)20-14)6-18-7-19-12/h2-4,6-7H,5H2,1H3,(H2,17,20). The third-order valence-electron chi connectivity index (χ3n) is 3.51. The van der Waals surface area contributed by atoms with E-state index in [-0.39, 0.29) is 11.7 Å². The highest BCUT2D eigenvalue weighted by Crippen LogP contribution is 2.33. The molecule has 0 fully saturated rings. The first-order chi connectivity index (χ1) is 9.49. The molecule has 1 aromatic carbocycles. The number of fused-ring (bicyclic) bond motifs is 1. The summed E-state index contributed by atoms with van der Waals surface area (Å²) in [5, 5.41) is 11.2. The van der Waals surface area contributed by atoms with Gasteiger partial charge in [-0.25, -0.2) is 14.4 Å². The summed E-state index contributed by atoms with van der Waals surface area (Å²) >= 11 is 3.36. The lowest BCUT2D eigenvalue weighted by molar-refractivity contribution is 0.394. The van der Waals surface area contributed by atoms with Crippen molar-refractivity contribution in [3.63, 3.8) is 0 Å². The molecular formula is C14H12BrFN4. The van der Waals surface area contributed by atoms with Crippen molar-refractivity contribution in [1.29, 1.82) is 5.41 Å². The van der Waals surface area contributed by atoms with Crippen LogP contribution in [0, 0.1) is 11.2 Å². The molecule has 0 aliphatic carbocycles. The fourth-order valence-electron chi connectivity index (χ4n) is 2.51. The highest BCUT2D eigenvalue weighted by Gasteiger charge is 2.36. The summed E-state index contributed by atoms with van der Waals surface area (Å²) in [5.74, 6) is -0.0813. The molecule has 1 unspecified atom stereocenters. The fraction of sp³-hybridized carbons (Fsp3) is 0.214. The Hall–Kier alpha value is -1.82. The number of nitrogens with zero attached hydrogens (tertiary/aromatic N) is 2. The Balaban J connectivity index is 2.11. The van der Waals surface area contributed by atoms with E-state index < -0.39 is 5.54 Å². The molecule has 0 amide bonds. The molecule has 3 rings (SSSR count). The van der Waals surface area contributed by atoms with Gasteiger partial charge in [-0.3, -0.25) is 5.41 Å². The zero-order valence-electron chi connectivity index (χ0n) is 10.7. The van der Waals surface area contributed by atoms with E-state index in [1.165, 1.54) is 12.4 Å². The molecule has 0 radical (unpaired) electrons. The van der Waals surface area contributed by atoms with Crippen LogP contribution in [0.2, 0.25) is 0 Å². The molecule has 1 aliphatic heterocycles. The number of amidine groups is 1. The fourth-order valence-corrected chi connectivity index (χ4v) is 2.87. The van der Waals surface area contributed by atoms with Crippen LogP contribution in [-0.4, -0.2) is 15.8 Å². The van der Waals surface area contributed by atoms with Gasteiger partial charge in [0.25, 0.3) is 0 Å². The number of aromatic nitrogens is 2. The van der Waals surface area contributed by atoms with Crippen molar-refractivity contribution >= 4 is 21.8 Å². The van der Waals surface area contributed by atoms with Gasteiger partial charge < -0.3 is 5.32 Å². The van der Waals surface area contributed by atoms with E-state index in [2.05, 4.69) is 31.2 Å². The minimum Gasteiger partial charge on any atom is -0.360 e. The Morgan fingerprint density at radius 1 is 1.45 bits per heavy atom. The molecule has 20 heavy (non-hydrogen) atoms. The van der Waals surface area contributed by atoms with Gasteiger partial charge in [0.05, 0.1) is 16.8 Å². The highest BCUT2D eigenvalue weighted by molar-refractivity contribution is 9.10. The van der Waals surface area contributed by atoms with Gasteiger partial charge in [0.2, 0.25) is 0 Å². The van der Waals surface area contributed by atoms with Crippen LogP contribution in [0.4, 0.5) is 4.39 Å². The van der Waals surface area contributed by atoms with Crippen LogP contribution in [0.25, 0.3) is 0 Å². The monoisotopic (exact) mass is 334 g/mol. The van der Waals surface area contributed by atoms with Gasteiger partial charge in [-0.2, -0.15) is 0 Å². The van der Waals surface area contributed by atoms with Crippen molar-refractivity contribution in [1.82, 2.24) is 15.3 Å². The Bertz CT molecular complexity index is 703. The first kappa shape index (κ1) is 13.2. The molecule has 4 nitrogen and oxygen atoms in total. The first-order valence-electron chi connectivity index (χ1n) is 6.11. The first-order valence-corrected chi connectivity index (χ1v) is 6.90. The number of rotatable bonds is 1. The predicted octanol–water partition coefficient (Wildman–Crippen LogP) is 2.76. The summed E-state index contributed by atoms with van der Waals surface area (Å²) in [4.78, 5) is 8.14. The number of benzene rings is 1. The van der Waals surface area contributed by atoms with Crippen molar-refractivity contribution in [3.05, 3.63) is 57.8 Å². The van der Waals surface area contributed by atoms with Crippen LogP contribution < -0.4 is 5.32 Å². The maximum Gasteiger partial charge on any atom is 0.129 e. The van der Waals surface area contributed by atoms with E-state index in [4.69, 9.17) is 5.41 Å². The van der Waals surface area contributed by atoms with E-state index in [0.717, 1.165) is 10.2 Å². The molecule has 2 aromatic rings. The van der Waals surface area contributed by atoms with Crippen LogP contribution >= 0.6 is 15.9 Å². The van der Waals surface area contributed by atoms with Crippen LogP contribution in [0.15, 0.2) is 35.2 Å². The summed E-state index contributed by atoms with van der Waals surface area (Å²) < 4.78 is 14.9. The van der Waals surface area contributed by atoms with Crippen molar-refractivity contribution in [3.8, 4) is 0 Å². The second kappa shape index (κ2) is 4.63. The third kappa shape index (κ3) is 2.10. The lowest BCUT2D eigenvalue weighted by Gasteiger charge is -2.37. The van der Waals surface area contributed by atoms with E-state index in [1.54, 1.807) is 18.3 Å². The molecule has 0 saturated heterocycles. The summed E-state index contributed by atoms with van der Waals surface area (Å²) in [7, 11) is 0. The maximum atomic E-state index is 14.1. The van der Waals surface area contributed by atoms with Crippen LogP contribution in [-0.2, 0) is 12.0 Å². The summed E-state index contributed by atoms with van der Waals surface area (Å²) in [6, 6.07) is 4.82. The number of hydrogen-bond acceptors (Lipinski definition) is 3. The molecule has 0 saturated carbocycles. The smallest absolute Gasteiger partial charge is 0.129 e. The number of nitrogens with one attached hydrogen (secondary N) is 2. The summed E-state index contributed by atoms with van der Waals surface area (Å²) in [6.45, 7) is 1.87. The van der Waals surface area contributed by atoms with Crippen molar-refractivity contribution in [2.75, 3.05) is 0 Å². The van der Waals surface area contributed by atoms with Crippen LogP contribution in [0.1, 0.15) is 23.7 Å². The summed E-state index contributed by atoms with van der Waals surface area (Å²) in [6.07, 6.45) is 3.56. The Kier molecular flexibility index (Phi) is 3.05. The maximum absolute atomic E-state index is 14.1. The molecule has 2 heterocycles. The molecule has 0 spiro atoms. The molecule has 6 heteroatoms. The molecule has 1 aliphatic rings. The van der Waals surface area contributed by atoms with Gasteiger partial charge in [0, 0.05) is 22.7 Å². The van der Waals surface area contributed by atoms with Crippen molar-refractivity contribution in [2.45, 2.75) is 18.9 Å². The lowest BCUT2D eigenvalue weighted by Crippen LogP contribution is -2.50. The quantitative estimate of drug-likeness (QED) is 0.842. The summed E-state index contributed by atoms with van der Waals surface area (Å²) in [5.41, 5.74) is 1.23. The van der Waals surface area contributed by atoms with Crippen molar-refractivity contribution in [2.24, 2.45) is 0 Å². The Labute approximate surface area is 124 Å². The molecular weight excluding hydrogens is 323 g/mol. The molecule has 0 bridgehead atoms. The highest BCUT2D eigenvalue weighted by atomic mass is 79.9. The molecule has 2 N–H and O–H groups in total. The van der Waals surface area contributed by atoms with Crippen LogP contribution in [0.3, 0.4) is 0 Å². The van der Waals surface area contributed by atoms with Gasteiger partial charge in [-0.1, -0.05) is 15.9 Å². The average molecular weight is 335 g/mol. The third-order valence-corrected chi connectivity index (χ3v) is 4.00. The van der Waals surface area contributed by atoms with Gasteiger partial charge >= 0.3 is 0 Å². The largest absolute Gasteiger partial charge is 0.360 e. The topological polar surface area (TPSA) is 61.7 Å². The van der Waals surface area contributed by atoms with Gasteiger partial charge in [0.1, 0.15) is 18.0 Å². The van der Waals surface area contributed by atoms with E-state index >= 15 is 0 Å². The predicted molar refractivity (Wildman–Crippen MR) is 77.2 cm³/mol. The minimum absolute atomic E-state index is 0.216. The Morgan fingerprint density at radius 3 is 3.05 bits per heavy atom. The van der Waals surface area contributed by atoms with Crippen molar-refractivity contribution < 1.29 is 4.39 Å². The molecule has 1 atom stereocenters. The SMILES string of the molecule is CC1(c2cc(Br)ccc2F)Cc2ncncc2C(=N)N1. The van der Waals surface area contributed by atoms with Gasteiger partial charge in [-0.15, -0.1) is 0 Å². The molecule has 1 aromatic heterocycles. The zero-order chi connectivity index (χ0) is 14.3. The van der Waals surface area contributed by atoms with E-state index in [1.807, 2.05) is 6.92 Å². The van der Waals surface area contributed by atoms with Crippen LogP contribution in [0.5, 0.6) is 0 Å². The second-order valence-electron chi connectivity index (χ2n) is 5.02. The molecule has 102 valence electrons. The zero-order valence-corrected chi connectivity index (χ0v) is 12.3. The average Bonchev–Trinajstić information content (AvgIpc) is 2.41.